The van der Waals surface area contributed by atoms with Crippen molar-refractivity contribution in [3.05, 3.63) is 35.9 Å². The van der Waals surface area contributed by atoms with Crippen molar-refractivity contribution < 1.29 is 14.3 Å². The summed E-state index contributed by atoms with van der Waals surface area (Å²) in [5.74, 6) is -0.167. The summed E-state index contributed by atoms with van der Waals surface area (Å²) < 4.78 is 9.80. The topological polar surface area (TPSA) is 47.6 Å². The lowest BCUT2D eigenvalue weighted by Gasteiger charge is -2.18. The number of carbonyl (C=O) groups excluding carboxylic acids is 1. The molecule has 0 bridgehead atoms. The Bertz CT molecular complexity index is 340. The highest BCUT2D eigenvalue weighted by molar-refractivity contribution is 5.69. The lowest BCUT2D eigenvalue weighted by Crippen LogP contribution is -2.26. The van der Waals surface area contributed by atoms with Crippen LogP contribution in [-0.4, -0.2) is 33.3 Å². The molecular formula is C14H21NO3. The summed E-state index contributed by atoms with van der Waals surface area (Å²) in [5, 5.41) is 3.38. The van der Waals surface area contributed by atoms with Crippen molar-refractivity contribution in [2.75, 3.05) is 27.4 Å². The van der Waals surface area contributed by atoms with Crippen molar-refractivity contribution in [3.63, 3.8) is 0 Å². The summed E-state index contributed by atoms with van der Waals surface area (Å²) in [6.07, 6.45) is 1.21. The fraction of sp³-hybridized carbons (Fsp3) is 0.500. The Morgan fingerprint density at radius 3 is 2.61 bits per heavy atom. The summed E-state index contributed by atoms with van der Waals surface area (Å²) in [4.78, 5) is 11.0. The Morgan fingerprint density at radius 1 is 1.28 bits per heavy atom. The van der Waals surface area contributed by atoms with Gasteiger partial charge in [0.2, 0.25) is 0 Å². The molecule has 0 fully saturated rings. The second-order valence-corrected chi connectivity index (χ2v) is 4.05. The molecule has 0 aromatic heterocycles. The first-order valence-corrected chi connectivity index (χ1v) is 6.12. The van der Waals surface area contributed by atoms with Crippen LogP contribution in [0.5, 0.6) is 0 Å². The van der Waals surface area contributed by atoms with Crippen LogP contribution in [0.4, 0.5) is 0 Å². The van der Waals surface area contributed by atoms with E-state index in [2.05, 4.69) is 22.2 Å². The van der Waals surface area contributed by atoms with E-state index in [1.54, 1.807) is 7.11 Å². The molecule has 1 atom stereocenters. The third kappa shape index (κ3) is 5.29. The second kappa shape index (κ2) is 8.66. The molecule has 0 saturated heterocycles. The van der Waals surface area contributed by atoms with E-state index in [4.69, 9.17) is 4.74 Å². The first-order chi connectivity index (χ1) is 8.77. The van der Waals surface area contributed by atoms with E-state index in [9.17, 15) is 4.79 Å². The third-order valence-corrected chi connectivity index (χ3v) is 2.71. The Balaban J connectivity index is 2.37. The molecule has 1 N–H and O–H groups in total. The summed E-state index contributed by atoms with van der Waals surface area (Å²) in [6.45, 7) is 1.38. The maximum Gasteiger partial charge on any atom is 0.305 e. The van der Waals surface area contributed by atoms with Gasteiger partial charge in [0.15, 0.2) is 0 Å². The smallest absolute Gasteiger partial charge is 0.305 e. The van der Waals surface area contributed by atoms with Crippen LogP contribution in [-0.2, 0) is 14.3 Å². The summed E-state index contributed by atoms with van der Waals surface area (Å²) in [7, 11) is 3.10. The molecule has 4 heteroatoms. The van der Waals surface area contributed by atoms with Crippen molar-refractivity contribution in [1.82, 2.24) is 5.32 Å². The van der Waals surface area contributed by atoms with E-state index in [0.29, 0.717) is 13.0 Å². The molecule has 0 amide bonds. The number of nitrogens with one attached hydrogen (secondary N) is 1. The number of esters is 1. The van der Waals surface area contributed by atoms with Crippen LogP contribution in [0.15, 0.2) is 30.3 Å². The number of hydrogen-bond acceptors (Lipinski definition) is 4. The van der Waals surface area contributed by atoms with E-state index >= 15 is 0 Å². The SMILES string of the molecule is COCC(NCCCC(=O)OC)c1ccccc1. The summed E-state index contributed by atoms with van der Waals surface area (Å²) in [5.41, 5.74) is 1.19. The lowest BCUT2D eigenvalue weighted by atomic mass is 10.1. The lowest BCUT2D eigenvalue weighted by molar-refractivity contribution is -0.140. The van der Waals surface area contributed by atoms with Crippen molar-refractivity contribution in [2.24, 2.45) is 0 Å². The zero-order chi connectivity index (χ0) is 13.2. The van der Waals surface area contributed by atoms with Gasteiger partial charge >= 0.3 is 5.97 Å². The molecule has 18 heavy (non-hydrogen) atoms. The predicted molar refractivity (Wildman–Crippen MR) is 70.3 cm³/mol. The second-order valence-electron chi connectivity index (χ2n) is 4.05. The van der Waals surface area contributed by atoms with Crippen molar-refractivity contribution in [3.8, 4) is 0 Å². The molecule has 100 valence electrons. The van der Waals surface area contributed by atoms with Crippen LogP contribution in [0.1, 0.15) is 24.4 Å². The van der Waals surface area contributed by atoms with Crippen molar-refractivity contribution in [1.29, 1.82) is 0 Å². The number of hydrogen-bond donors (Lipinski definition) is 1. The number of methoxy groups -OCH3 is 2. The standard InChI is InChI=1S/C14H21NO3/c1-17-11-13(12-7-4-3-5-8-12)15-10-6-9-14(16)18-2/h3-5,7-8,13,15H,6,9-11H2,1-2H3. The largest absolute Gasteiger partial charge is 0.469 e. The Hall–Kier alpha value is -1.39. The van der Waals surface area contributed by atoms with Gasteiger partial charge in [0.1, 0.15) is 0 Å². The van der Waals surface area contributed by atoms with Crippen LogP contribution >= 0.6 is 0 Å². The molecule has 0 radical (unpaired) electrons. The third-order valence-electron chi connectivity index (χ3n) is 2.71. The molecule has 1 aromatic carbocycles. The van der Waals surface area contributed by atoms with Gasteiger partial charge in [-0.25, -0.2) is 0 Å². The minimum Gasteiger partial charge on any atom is -0.469 e. The maximum atomic E-state index is 11.0. The fourth-order valence-corrected chi connectivity index (χ4v) is 1.74. The van der Waals surface area contributed by atoms with Gasteiger partial charge < -0.3 is 14.8 Å². The van der Waals surface area contributed by atoms with E-state index in [1.165, 1.54) is 12.7 Å². The average molecular weight is 251 g/mol. The van der Waals surface area contributed by atoms with Gasteiger partial charge in [0, 0.05) is 13.5 Å². The Labute approximate surface area is 108 Å². The van der Waals surface area contributed by atoms with Crippen LogP contribution in [0.3, 0.4) is 0 Å². The predicted octanol–water partition coefficient (Wildman–Crippen LogP) is 1.92. The minimum absolute atomic E-state index is 0.161. The number of carbonyl (C=O) groups is 1. The van der Waals surface area contributed by atoms with E-state index in [-0.39, 0.29) is 12.0 Å². The highest BCUT2D eigenvalue weighted by Gasteiger charge is 2.10. The molecule has 0 heterocycles. The monoisotopic (exact) mass is 251 g/mol. The molecule has 0 aliphatic heterocycles. The summed E-state index contributed by atoms with van der Waals surface area (Å²) in [6, 6.07) is 10.3. The van der Waals surface area contributed by atoms with Crippen LogP contribution in [0.25, 0.3) is 0 Å². The molecule has 0 spiro atoms. The van der Waals surface area contributed by atoms with Gasteiger partial charge in [0.05, 0.1) is 19.8 Å². The number of rotatable bonds is 8. The van der Waals surface area contributed by atoms with Crippen molar-refractivity contribution >= 4 is 5.97 Å². The quantitative estimate of drug-likeness (QED) is 0.566. The van der Waals surface area contributed by atoms with E-state index in [1.807, 2.05) is 18.2 Å². The highest BCUT2D eigenvalue weighted by atomic mass is 16.5. The van der Waals surface area contributed by atoms with Gasteiger partial charge in [-0.15, -0.1) is 0 Å². The highest BCUT2D eigenvalue weighted by Crippen LogP contribution is 2.12. The van der Waals surface area contributed by atoms with Gasteiger partial charge in [-0.1, -0.05) is 30.3 Å². The number of ether oxygens (including phenoxy) is 2. The zero-order valence-electron chi connectivity index (χ0n) is 11.0. The zero-order valence-corrected chi connectivity index (χ0v) is 11.0. The van der Waals surface area contributed by atoms with E-state index < -0.39 is 0 Å². The molecule has 1 aromatic rings. The van der Waals surface area contributed by atoms with Crippen LogP contribution in [0.2, 0.25) is 0 Å². The molecule has 4 nitrogen and oxygen atoms in total. The minimum atomic E-state index is -0.167. The van der Waals surface area contributed by atoms with Crippen LogP contribution < -0.4 is 5.32 Å². The van der Waals surface area contributed by atoms with Gasteiger partial charge in [0.25, 0.3) is 0 Å². The van der Waals surface area contributed by atoms with Gasteiger partial charge in [-0.3, -0.25) is 4.79 Å². The Kier molecular flexibility index (Phi) is 7.06. The molecule has 1 unspecified atom stereocenters. The fourth-order valence-electron chi connectivity index (χ4n) is 1.74. The van der Waals surface area contributed by atoms with Gasteiger partial charge in [-0.2, -0.15) is 0 Å². The summed E-state index contributed by atoms with van der Waals surface area (Å²) >= 11 is 0. The van der Waals surface area contributed by atoms with Crippen molar-refractivity contribution in [2.45, 2.75) is 18.9 Å². The number of benzene rings is 1. The average Bonchev–Trinajstić information content (AvgIpc) is 2.43. The Morgan fingerprint density at radius 2 is 2.00 bits per heavy atom. The molecule has 0 aliphatic carbocycles. The molecule has 0 saturated carbocycles. The molecule has 1 rings (SSSR count). The molecule has 0 aliphatic rings. The van der Waals surface area contributed by atoms with E-state index in [0.717, 1.165) is 13.0 Å². The first kappa shape index (κ1) is 14.7. The first-order valence-electron chi connectivity index (χ1n) is 6.12. The molecular weight excluding hydrogens is 230 g/mol. The van der Waals surface area contributed by atoms with Crippen LogP contribution in [0, 0.1) is 0 Å². The van der Waals surface area contributed by atoms with Gasteiger partial charge in [-0.05, 0) is 18.5 Å². The maximum absolute atomic E-state index is 11.0. The normalized spacial score (nSPS) is 12.1.